The zero-order valence-corrected chi connectivity index (χ0v) is 15.1. The van der Waals surface area contributed by atoms with Crippen molar-refractivity contribution < 1.29 is 13.9 Å². The van der Waals surface area contributed by atoms with E-state index in [1.807, 2.05) is 4.90 Å². The van der Waals surface area contributed by atoms with E-state index < -0.39 is 5.82 Å². The Hall–Kier alpha value is -1.62. The van der Waals surface area contributed by atoms with Gasteiger partial charge in [-0.15, -0.1) is 0 Å². The van der Waals surface area contributed by atoms with Gasteiger partial charge in [0.1, 0.15) is 0 Å². The molecule has 0 spiro atoms. The number of ether oxygens (including phenoxy) is 1. The lowest BCUT2D eigenvalue weighted by atomic mass is 9.95. The van der Waals surface area contributed by atoms with Crippen LogP contribution < -0.4 is 4.74 Å². The molecule has 1 heterocycles. The number of carbonyl (C=O) groups is 1. The van der Waals surface area contributed by atoms with Crippen molar-refractivity contribution >= 4 is 5.91 Å². The van der Waals surface area contributed by atoms with Gasteiger partial charge in [-0.3, -0.25) is 4.79 Å². The fourth-order valence-corrected chi connectivity index (χ4v) is 3.32. The second-order valence-corrected chi connectivity index (χ2v) is 6.46. The Morgan fingerprint density at radius 2 is 1.96 bits per heavy atom. The van der Waals surface area contributed by atoms with E-state index >= 15 is 0 Å². The predicted octanol–water partition coefficient (Wildman–Crippen LogP) is 2.96. The lowest BCUT2D eigenvalue weighted by Gasteiger charge is -2.34. The predicted molar refractivity (Wildman–Crippen MR) is 93.7 cm³/mol. The number of methoxy groups -OCH3 is 1. The lowest BCUT2D eigenvalue weighted by molar-refractivity contribution is -0.131. The highest BCUT2D eigenvalue weighted by Crippen LogP contribution is 2.21. The first kappa shape index (κ1) is 18.7. The van der Waals surface area contributed by atoms with Gasteiger partial charge in [-0.05, 0) is 49.5 Å². The molecule has 0 bridgehead atoms. The van der Waals surface area contributed by atoms with Gasteiger partial charge >= 0.3 is 0 Å². The highest BCUT2D eigenvalue weighted by atomic mass is 19.1. The number of nitrogens with zero attached hydrogens (tertiary/aromatic N) is 2. The molecule has 0 N–H and O–H groups in total. The van der Waals surface area contributed by atoms with Crippen molar-refractivity contribution in [2.24, 2.45) is 5.92 Å². The van der Waals surface area contributed by atoms with Gasteiger partial charge in [-0.2, -0.15) is 0 Å². The average Bonchev–Trinajstić information content (AvgIpc) is 2.60. The van der Waals surface area contributed by atoms with Crippen molar-refractivity contribution in [2.45, 2.75) is 33.1 Å². The van der Waals surface area contributed by atoms with Crippen molar-refractivity contribution in [2.75, 3.05) is 39.8 Å². The Labute approximate surface area is 144 Å². The van der Waals surface area contributed by atoms with E-state index in [1.54, 1.807) is 12.1 Å². The molecule has 2 rings (SSSR count). The zero-order valence-electron chi connectivity index (χ0n) is 15.1. The minimum atomic E-state index is -0.416. The fraction of sp³-hybridized carbons (Fsp3) is 0.632. The smallest absolute Gasteiger partial charge is 0.226 e. The lowest BCUT2D eigenvalue weighted by Crippen LogP contribution is -2.42. The summed E-state index contributed by atoms with van der Waals surface area (Å²) in [4.78, 5) is 16.8. The van der Waals surface area contributed by atoms with Crippen LogP contribution in [0.3, 0.4) is 0 Å². The molecule has 0 aromatic heterocycles. The summed E-state index contributed by atoms with van der Waals surface area (Å²) in [6.45, 7) is 9.29. The molecule has 134 valence electrons. The monoisotopic (exact) mass is 336 g/mol. The molecule has 0 aliphatic carbocycles. The van der Waals surface area contributed by atoms with Crippen molar-refractivity contribution in [3.8, 4) is 5.75 Å². The third-order valence-electron chi connectivity index (χ3n) is 4.95. The van der Waals surface area contributed by atoms with Crippen molar-refractivity contribution in [3.63, 3.8) is 0 Å². The van der Waals surface area contributed by atoms with Gasteiger partial charge in [0, 0.05) is 19.6 Å². The van der Waals surface area contributed by atoms with Gasteiger partial charge in [0.15, 0.2) is 11.6 Å². The molecule has 0 saturated carbocycles. The molecule has 4 nitrogen and oxygen atoms in total. The Kier molecular flexibility index (Phi) is 7.03. The number of hydrogen-bond donors (Lipinski definition) is 0. The Balaban J connectivity index is 1.83. The number of amides is 1. The minimum absolute atomic E-state index is 0.0841. The molecule has 0 radical (unpaired) electrons. The van der Waals surface area contributed by atoms with E-state index in [2.05, 4.69) is 18.7 Å². The van der Waals surface area contributed by atoms with Gasteiger partial charge in [0.05, 0.1) is 13.5 Å². The van der Waals surface area contributed by atoms with E-state index in [1.165, 1.54) is 13.2 Å². The van der Waals surface area contributed by atoms with Gasteiger partial charge in [0.25, 0.3) is 0 Å². The molecule has 1 aliphatic heterocycles. The Morgan fingerprint density at radius 1 is 1.29 bits per heavy atom. The largest absolute Gasteiger partial charge is 0.494 e. The van der Waals surface area contributed by atoms with Crippen LogP contribution in [0.5, 0.6) is 5.75 Å². The number of halogens is 1. The third-order valence-corrected chi connectivity index (χ3v) is 4.95. The van der Waals surface area contributed by atoms with Gasteiger partial charge in [-0.25, -0.2) is 4.39 Å². The molecule has 5 heteroatoms. The van der Waals surface area contributed by atoms with E-state index in [0.717, 1.165) is 45.6 Å². The van der Waals surface area contributed by atoms with Crippen LogP contribution in [-0.2, 0) is 11.2 Å². The van der Waals surface area contributed by atoms with Gasteiger partial charge in [0.2, 0.25) is 5.91 Å². The summed E-state index contributed by atoms with van der Waals surface area (Å²) >= 11 is 0. The number of carbonyl (C=O) groups excluding carboxylic acids is 1. The molecule has 0 atom stereocenters. The van der Waals surface area contributed by atoms with Crippen LogP contribution in [0.25, 0.3) is 0 Å². The molecule has 1 saturated heterocycles. The minimum Gasteiger partial charge on any atom is -0.494 e. The molecular formula is C19H29FN2O2. The number of benzene rings is 1. The first-order chi connectivity index (χ1) is 11.6. The number of hydrogen-bond acceptors (Lipinski definition) is 3. The number of likely N-dealkylation sites (tertiary alicyclic amines) is 1. The number of rotatable bonds is 7. The summed E-state index contributed by atoms with van der Waals surface area (Å²) in [5.41, 5.74) is 0.698. The van der Waals surface area contributed by atoms with Crippen LogP contribution in [0.2, 0.25) is 0 Å². The highest BCUT2D eigenvalue weighted by Gasteiger charge is 2.24. The second kappa shape index (κ2) is 9.02. The summed E-state index contributed by atoms with van der Waals surface area (Å²) in [5, 5.41) is 0. The fourth-order valence-electron chi connectivity index (χ4n) is 3.32. The summed E-state index contributed by atoms with van der Waals surface area (Å²) in [7, 11) is 1.44. The van der Waals surface area contributed by atoms with E-state index in [0.29, 0.717) is 11.5 Å². The summed E-state index contributed by atoms with van der Waals surface area (Å²) in [5.74, 6) is 0.553. The van der Waals surface area contributed by atoms with E-state index in [9.17, 15) is 9.18 Å². The Bertz CT molecular complexity index is 538. The molecule has 24 heavy (non-hydrogen) atoms. The van der Waals surface area contributed by atoms with Crippen molar-refractivity contribution in [1.29, 1.82) is 0 Å². The van der Waals surface area contributed by atoms with Crippen LogP contribution in [-0.4, -0.2) is 55.5 Å². The maximum atomic E-state index is 13.7. The summed E-state index contributed by atoms with van der Waals surface area (Å²) < 4.78 is 18.6. The first-order valence-electron chi connectivity index (χ1n) is 8.89. The standard InChI is InChI=1S/C19H29FN2O2/c1-4-21(5-2)14-15-8-10-22(11-9-15)19(23)13-16-6-7-18(24-3)17(20)12-16/h6-7,12,15H,4-5,8-11,13-14H2,1-3H3. The van der Waals surface area contributed by atoms with Crippen molar-refractivity contribution in [1.82, 2.24) is 9.80 Å². The highest BCUT2D eigenvalue weighted by molar-refractivity contribution is 5.78. The zero-order chi connectivity index (χ0) is 17.5. The summed E-state index contributed by atoms with van der Waals surface area (Å²) in [6, 6.07) is 4.73. The van der Waals surface area contributed by atoms with E-state index in [4.69, 9.17) is 4.74 Å². The topological polar surface area (TPSA) is 32.8 Å². The SMILES string of the molecule is CCN(CC)CC1CCN(C(=O)Cc2ccc(OC)c(F)c2)CC1. The number of piperidine rings is 1. The van der Waals surface area contributed by atoms with Crippen LogP contribution in [0.4, 0.5) is 4.39 Å². The maximum absolute atomic E-state index is 13.7. The van der Waals surface area contributed by atoms with E-state index in [-0.39, 0.29) is 18.1 Å². The molecule has 1 aliphatic rings. The first-order valence-corrected chi connectivity index (χ1v) is 8.89. The maximum Gasteiger partial charge on any atom is 0.226 e. The quantitative estimate of drug-likeness (QED) is 0.767. The van der Waals surface area contributed by atoms with Crippen LogP contribution in [0.15, 0.2) is 18.2 Å². The van der Waals surface area contributed by atoms with Crippen molar-refractivity contribution in [3.05, 3.63) is 29.6 Å². The second-order valence-electron chi connectivity index (χ2n) is 6.46. The average molecular weight is 336 g/mol. The molecule has 1 fully saturated rings. The summed E-state index contributed by atoms with van der Waals surface area (Å²) in [6.07, 6.45) is 2.36. The molecule has 1 aromatic carbocycles. The molecule has 1 amide bonds. The van der Waals surface area contributed by atoms with Crippen LogP contribution in [0, 0.1) is 11.7 Å². The molecule has 1 aromatic rings. The van der Waals surface area contributed by atoms with Crippen LogP contribution >= 0.6 is 0 Å². The molecule has 0 unspecified atom stereocenters. The third kappa shape index (κ3) is 4.94. The van der Waals surface area contributed by atoms with Crippen LogP contribution in [0.1, 0.15) is 32.3 Å². The Morgan fingerprint density at radius 3 is 2.50 bits per heavy atom. The van der Waals surface area contributed by atoms with Gasteiger partial charge < -0.3 is 14.5 Å². The van der Waals surface area contributed by atoms with Gasteiger partial charge in [-0.1, -0.05) is 19.9 Å². The molecular weight excluding hydrogens is 307 g/mol. The normalized spacial score (nSPS) is 15.8.